The molecular formula is C15H16N2O2. The summed E-state index contributed by atoms with van der Waals surface area (Å²) in [7, 11) is 1.55. The monoisotopic (exact) mass is 256 g/mol. The van der Waals surface area contributed by atoms with Gasteiger partial charge in [-0.1, -0.05) is 19.1 Å². The number of methoxy groups -OCH3 is 1. The maximum Gasteiger partial charge on any atom is 0.255 e. The number of nitrogens with one attached hydrogen (secondary N) is 1. The van der Waals surface area contributed by atoms with E-state index in [1.807, 2.05) is 24.3 Å². The molecule has 98 valence electrons. The second-order valence-electron chi connectivity index (χ2n) is 4.09. The lowest BCUT2D eigenvalue weighted by atomic mass is 10.1. The van der Waals surface area contributed by atoms with Gasteiger partial charge in [-0.25, -0.2) is 4.98 Å². The molecule has 0 atom stereocenters. The van der Waals surface area contributed by atoms with Crippen LogP contribution in [0, 0.1) is 0 Å². The number of pyridine rings is 1. The largest absolute Gasteiger partial charge is 0.481 e. The summed E-state index contributed by atoms with van der Waals surface area (Å²) < 4.78 is 4.96. The van der Waals surface area contributed by atoms with Crippen molar-refractivity contribution in [3.05, 3.63) is 53.7 Å². The van der Waals surface area contributed by atoms with Gasteiger partial charge in [0.1, 0.15) is 0 Å². The van der Waals surface area contributed by atoms with E-state index in [1.165, 1.54) is 5.56 Å². The van der Waals surface area contributed by atoms with Crippen molar-refractivity contribution in [2.45, 2.75) is 13.3 Å². The van der Waals surface area contributed by atoms with Gasteiger partial charge in [0, 0.05) is 11.6 Å². The lowest BCUT2D eigenvalue weighted by Gasteiger charge is -2.06. The Kier molecular flexibility index (Phi) is 4.13. The van der Waals surface area contributed by atoms with Crippen molar-refractivity contribution in [1.82, 2.24) is 4.98 Å². The molecule has 19 heavy (non-hydrogen) atoms. The summed E-state index contributed by atoms with van der Waals surface area (Å²) in [5.74, 6) is 0.375. The average molecular weight is 256 g/mol. The van der Waals surface area contributed by atoms with Crippen LogP contribution in [-0.4, -0.2) is 18.0 Å². The number of nitrogens with zero attached hydrogens (tertiary/aromatic N) is 1. The van der Waals surface area contributed by atoms with Crippen molar-refractivity contribution in [2.24, 2.45) is 0 Å². The molecule has 1 aromatic carbocycles. The summed E-state index contributed by atoms with van der Waals surface area (Å²) in [4.78, 5) is 16.0. The summed E-state index contributed by atoms with van der Waals surface area (Å²) in [6.45, 7) is 2.08. The standard InChI is InChI=1S/C15H16N2O2/c1-3-11-4-6-12(7-5-11)15(18)17-13-8-9-14(19-2)16-10-13/h4-10H,3H2,1-2H3,(H,17,18). The van der Waals surface area contributed by atoms with Gasteiger partial charge in [0.25, 0.3) is 5.91 Å². The number of hydrogen-bond acceptors (Lipinski definition) is 3. The van der Waals surface area contributed by atoms with Crippen LogP contribution in [0.5, 0.6) is 5.88 Å². The summed E-state index contributed by atoms with van der Waals surface area (Å²) >= 11 is 0. The van der Waals surface area contributed by atoms with Gasteiger partial charge in [0.05, 0.1) is 19.0 Å². The van der Waals surface area contributed by atoms with Gasteiger partial charge in [0.2, 0.25) is 5.88 Å². The maximum atomic E-state index is 12.0. The lowest BCUT2D eigenvalue weighted by Crippen LogP contribution is -2.12. The highest BCUT2D eigenvalue weighted by Crippen LogP contribution is 2.13. The highest BCUT2D eigenvalue weighted by atomic mass is 16.5. The van der Waals surface area contributed by atoms with Gasteiger partial charge >= 0.3 is 0 Å². The van der Waals surface area contributed by atoms with Crippen LogP contribution in [0.4, 0.5) is 5.69 Å². The molecule has 2 rings (SSSR count). The molecule has 4 heteroatoms. The van der Waals surface area contributed by atoms with E-state index >= 15 is 0 Å². The first-order valence-electron chi connectivity index (χ1n) is 6.13. The van der Waals surface area contributed by atoms with Crippen LogP contribution >= 0.6 is 0 Å². The third-order valence-corrected chi connectivity index (χ3v) is 2.83. The molecule has 4 nitrogen and oxygen atoms in total. The maximum absolute atomic E-state index is 12.0. The number of aryl methyl sites for hydroxylation is 1. The first-order valence-corrected chi connectivity index (χ1v) is 6.13. The Balaban J connectivity index is 2.06. The lowest BCUT2D eigenvalue weighted by molar-refractivity contribution is 0.102. The van der Waals surface area contributed by atoms with Crippen molar-refractivity contribution < 1.29 is 9.53 Å². The molecule has 0 radical (unpaired) electrons. The van der Waals surface area contributed by atoms with Crippen LogP contribution in [0.1, 0.15) is 22.8 Å². The van der Waals surface area contributed by atoms with Crippen LogP contribution in [0.15, 0.2) is 42.6 Å². The van der Waals surface area contributed by atoms with E-state index in [2.05, 4.69) is 17.2 Å². The van der Waals surface area contributed by atoms with Gasteiger partial charge < -0.3 is 10.1 Å². The summed E-state index contributed by atoms with van der Waals surface area (Å²) in [6.07, 6.45) is 2.53. The van der Waals surface area contributed by atoms with Gasteiger partial charge in [-0.3, -0.25) is 4.79 Å². The molecule has 1 N–H and O–H groups in total. The van der Waals surface area contributed by atoms with E-state index in [9.17, 15) is 4.79 Å². The van der Waals surface area contributed by atoms with Crippen molar-refractivity contribution in [1.29, 1.82) is 0 Å². The molecule has 0 aliphatic rings. The first-order chi connectivity index (χ1) is 9.22. The van der Waals surface area contributed by atoms with E-state index < -0.39 is 0 Å². The smallest absolute Gasteiger partial charge is 0.255 e. The molecule has 1 heterocycles. The number of benzene rings is 1. The predicted octanol–water partition coefficient (Wildman–Crippen LogP) is 2.90. The molecule has 0 aliphatic heterocycles. The average Bonchev–Trinajstić information content (AvgIpc) is 2.48. The molecule has 0 saturated carbocycles. The van der Waals surface area contributed by atoms with Crippen molar-refractivity contribution in [3.63, 3.8) is 0 Å². The second-order valence-corrected chi connectivity index (χ2v) is 4.09. The van der Waals surface area contributed by atoms with E-state index in [0.717, 1.165) is 6.42 Å². The van der Waals surface area contributed by atoms with Crippen LogP contribution in [0.2, 0.25) is 0 Å². The summed E-state index contributed by atoms with van der Waals surface area (Å²) in [6, 6.07) is 11.0. The minimum absolute atomic E-state index is 0.144. The Labute approximate surface area is 112 Å². The molecule has 2 aromatic rings. The number of carbonyl (C=O) groups is 1. The number of hydrogen-bond donors (Lipinski definition) is 1. The SMILES string of the molecule is CCc1ccc(C(=O)Nc2ccc(OC)nc2)cc1. The van der Waals surface area contributed by atoms with Gasteiger partial charge in [-0.15, -0.1) is 0 Å². The Morgan fingerprint density at radius 3 is 2.47 bits per heavy atom. The Bertz CT molecular complexity index is 547. The molecule has 0 bridgehead atoms. The molecule has 1 aromatic heterocycles. The minimum Gasteiger partial charge on any atom is -0.481 e. The van der Waals surface area contributed by atoms with Crippen molar-refractivity contribution >= 4 is 11.6 Å². The Morgan fingerprint density at radius 2 is 1.95 bits per heavy atom. The van der Waals surface area contributed by atoms with Crippen molar-refractivity contribution in [3.8, 4) is 5.88 Å². The number of amides is 1. The zero-order chi connectivity index (χ0) is 13.7. The van der Waals surface area contributed by atoms with Crippen LogP contribution in [-0.2, 0) is 6.42 Å². The van der Waals surface area contributed by atoms with Gasteiger partial charge in [-0.2, -0.15) is 0 Å². The number of ether oxygens (including phenoxy) is 1. The van der Waals surface area contributed by atoms with Crippen LogP contribution in [0.25, 0.3) is 0 Å². The van der Waals surface area contributed by atoms with E-state index in [4.69, 9.17) is 4.74 Å². The fraction of sp³-hybridized carbons (Fsp3) is 0.200. The normalized spacial score (nSPS) is 10.0. The summed E-state index contributed by atoms with van der Waals surface area (Å²) in [5, 5.41) is 2.79. The molecule has 1 amide bonds. The zero-order valence-corrected chi connectivity index (χ0v) is 11.0. The molecule has 0 spiro atoms. The highest BCUT2D eigenvalue weighted by Gasteiger charge is 2.06. The summed E-state index contributed by atoms with van der Waals surface area (Å²) in [5.41, 5.74) is 2.49. The number of rotatable bonds is 4. The molecule has 0 fully saturated rings. The molecular weight excluding hydrogens is 240 g/mol. The Morgan fingerprint density at radius 1 is 1.21 bits per heavy atom. The fourth-order valence-corrected chi connectivity index (χ4v) is 1.67. The molecule has 0 aliphatic carbocycles. The van der Waals surface area contributed by atoms with Gasteiger partial charge in [-0.05, 0) is 30.2 Å². The number of anilines is 1. The first kappa shape index (κ1) is 13.1. The van der Waals surface area contributed by atoms with E-state index in [-0.39, 0.29) is 5.91 Å². The van der Waals surface area contributed by atoms with Crippen LogP contribution in [0.3, 0.4) is 0 Å². The fourth-order valence-electron chi connectivity index (χ4n) is 1.67. The van der Waals surface area contributed by atoms with Gasteiger partial charge in [0.15, 0.2) is 0 Å². The van der Waals surface area contributed by atoms with E-state index in [0.29, 0.717) is 17.1 Å². The third kappa shape index (κ3) is 3.31. The zero-order valence-electron chi connectivity index (χ0n) is 11.0. The second kappa shape index (κ2) is 6.00. The minimum atomic E-state index is -0.144. The molecule has 0 unspecified atom stereocenters. The predicted molar refractivity (Wildman–Crippen MR) is 74.6 cm³/mol. The van der Waals surface area contributed by atoms with E-state index in [1.54, 1.807) is 25.4 Å². The highest BCUT2D eigenvalue weighted by molar-refractivity contribution is 6.04. The number of carbonyl (C=O) groups excluding carboxylic acids is 1. The molecule has 0 saturated heterocycles. The van der Waals surface area contributed by atoms with Crippen LogP contribution < -0.4 is 10.1 Å². The Hall–Kier alpha value is -2.36. The third-order valence-electron chi connectivity index (χ3n) is 2.83. The quantitative estimate of drug-likeness (QED) is 0.915. The van der Waals surface area contributed by atoms with Crippen molar-refractivity contribution in [2.75, 3.05) is 12.4 Å². The topological polar surface area (TPSA) is 51.2 Å². The number of aromatic nitrogens is 1.